The van der Waals surface area contributed by atoms with Crippen LogP contribution in [0.15, 0.2) is 84.9 Å². The van der Waals surface area contributed by atoms with Gasteiger partial charge < -0.3 is 29.7 Å². The van der Waals surface area contributed by atoms with Crippen molar-refractivity contribution in [1.82, 2.24) is 20.1 Å². The molecule has 0 aliphatic carbocycles. The van der Waals surface area contributed by atoms with Crippen LogP contribution in [0.4, 0.5) is 5.69 Å². The van der Waals surface area contributed by atoms with Crippen LogP contribution in [-0.4, -0.2) is 77.0 Å². The van der Waals surface area contributed by atoms with Crippen LogP contribution in [0.25, 0.3) is 10.9 Å². The summed E-state index contributed by atoms with van der Waals surface area (Å²) >= 11 is 0. The summed E-state index contributed by atoms with van der Waals surface area (Å²) in [6, 6.07) is 26.3. The summed E-state index contributed by atoms with van der Waals surface area (Å²) in [7, 11) is 1.61. The zero-order chi connectivity index (χ0) is 30.8. The number of nitrogens with zero attached hydrogens (tertiary/aromatic N) is 3. The quantitative estimate of drug-likeness (QED) is 0.312. The molecule has 1 atom stereocenters. The minimum Gasteiger partial charge on any atom is -0.497 e. The standard InChI is InChI=1S/C35H39N5O4/c1-24(2)39-23-40(27-10-5-4-6-11-27)35(34(39)43)17-19-38(20-18-35)33(42)31(21-25-13-15-28(44-3)16-14-25)37-32(41)30-22-26-9-7-8-12-29(26)36-30/h4-16,22,24,31,36H,17-21,23H2,1-3H3,(H,37,41)/t31-/m1/s1. The number of para-hydroxylation sites is 2. The highest BCUT2D eigenvalue weighted by Crippen LogP contribution is 2.40. The van der Waals surface area contributed by atoms with Crippen molar-refractivity contribution in [3.63, 3.8) is 0 Å². The Bertz CT molecular complexity index is 1610. The second kappa shape index (κ2) is 12.1. The SMILES string of the molecule is COc1ccc(C[C@@H](NC(=O)c2cc3ccccc3[nH]2)C(=O)N2CCC3(CC2)C(=O)N(C(C)C)CN3c2ccccc2)cc1. The van der Waals surface area contributed by atoms with Crippen LogP contribution < -0.4 is 15.0 Å². The molecular weight excluding hydrogens is 554 g/mol. The fourth-order valence-electron chi connectivity index (χ4n) is 6.50. The maximum Gasteiger partial charge on any atom is 0.268 e. The molecule has 4 aromatic rings. The number of aromatic nitrogens is 1. The van der Waals surface area contributed by atoms with E-state index in [0.717, 1.165) is 27.9 Å². The number of hydrogen-bond donors (Lipinski definition) is 2. The summed E-state index contributed by atoms with van der Waals surface area (Å²) in [4.78, 5) is 50.6. The number of aromatic amines is 1. The van der Waals surface area contributed by atoms with Crippen molar-refractivity contribution in [2.24, 2.45) is 0 Å². The van der Waals surface area contributed by atoms with Gasteiger partial charge in [0.2, 0.25) is 11.8 Å². The van der Waals surface area contributed by atoms with E-state index in [2.05, 4.69) is 15.2 Å². The molecule has 0 unspecified atom stereocenters. The number of nitrogens with one attached hydrogen (secondary N) is 2. The van der Waals surface area contributed by atoms with Gasteiger partial charge in [-0.1, -0.05) is 48.5 Å². The fourth-order valence-corrected chi connectivity index (χ4v) is 6.50. The van der Waals surface area contributed by atoms with Gasteiger partial charge in [0, 0.05) is 42.1 Å². The Morgan fingerprint density at radius 2 is 1.64 bits per heavy atom. The topological polar surface area (TPSA) is 98.0 Å². The van der Waals surface area contributed by atoms with Gasteiger partial charge in [-0.05, 0) is 68.7 Å². The predicted octanol–water partition coefficient (Wildman–Crippen LogP) is 4.59. The van der Waals surface area contributed by atoms with E-state index < -0.39 is 11.6 Å². The Morgan fingerprint density at radius 1 is 0.955 bits per heavy atom. The van der Waals surface area contributed by atoms with Crippen molar-refractivity contribution < 1.29 is 19.1 Å². The number of fused-ring (bicyclic) bond motifs is 1. The van der Waals surface area contributed by atoms with E-state index in [-0.39, 0.29) is 23.8 Å². The van der Waals surface area contributed by atoms with Gasteiger partial charge in [-0.3, -0.25) is 14.4 Å². The summed E-state index contributed by atoms with van der Waals surface area (Å²) in [5.41, 5.74) is 2.47. The number of carbonyl (C=O) groups excluding carboxylic acids is 3. The van der Waals surface area contributed by atoms with Crippen LogP contribution >= 0.6 is 0 Å². The lowest BCUT2D eigenvalue weighted by molar-refractivity contribution is -0.140. The summed E-state index contributed by atoms with van der Waals surface area (Å²) in [5.74, 6) is 0.345. The third kappa shape index (κ3) is 5.50. The normalized spacial score (nSPS) is 17.0. The molecule has 3 amide bonds. The number of hydrogen-bond acceptors (Lipinski definition) is 5. The van der Waals surface area contributed by atoms with Crippen LogP contribution in [0.1, 0.15) is 42.7 Å². The second-order valence-corrected chi connectivity index (χ2v) is 12.0. The molecule has 1 spiro atoms. The van der Waals surface area contributed by atoms with Crippen LogP contribution in [0.2, 0.25) is 0 Å². The van der Waals surface area contributed by atoms with Gasteiger partial charge in [-0.2, -0.15) is 0 Å². The van der Waals surface area contributed by atoms with Crippen molar-refractivity contribution in [3.05, 3.63) is 96.2 Å². The van der Waals surface area contributed by atoms with Crippen molar-refractivity contribution in [2.75, 3.05) is 31.8 Å². The van der Waals surface area contributed by atoms with Crippen molar-refractivity contribution in [2.45, 2.75) is 50.7 Å². The third-order valence-electron chi connectivity index (χ3n) is 9.04. The molecule has 9 heteroatoms. The first-order valence-corrected chi connectivity index (χ1v) is 15.2. The smallest absolute Gasteiger partial charge is 0.268 e. The molecule has 3 aromatic carbocycles. The van der Waals surface area contributed by atoms with Crippen LogP contribution in [0.3, 0.4) is 0 Å². The summed E-state index contributed by atoms with van der Waals surface area (Å²) in [6.45, 7) is 5.44. The summed E-state index contributed by atoms with van der Waals surface area (Å²) < 4.78 is 5.30. The molecule has 2 N–H and O–H groups in total. The molecule has 2 aliphatic rings. The molecular formula is C35H39N5O4. The van der Waals surface area contributed by atoms with E-state index in [9.17, 15) is 14.4 Å². The molecule has 44 heavy (non-hydrogen) atoms. The Kier molecular flexibility index (Phi) is 8.03. The molecule has 0 radical (unpaired) electrons. The number of amides is 3. The molecule has 228 valence electrons. The van der Waals surface area contributed by atoms with Crippen LogP contribution in [0.5, 0.6) is 5.75 Å². The number of rotatable bonds is 8. The van der Waals surface area contributed by atoms with Gasteiger partial charge in [0.25, 0.3) is 5.91 Å². The summed E-state index contributed by atoms with van der Waals surface area (Å²) in [5, 5.41) is 3.94. The molecule has 2 saturated heterocycles. The zero-order valence-corrected chi connectivity index (χ0v) is 25.5. The van der Waals surface area contributed by atoms with Gasteiger partial charge in [-0.25, -0.2) is 0 Å². The average molecular weight is 594 g/mol. The highest BCUT2D eigenvalue weighted by Gasteiger charge is 2.54. The number of H-pyrrole nitrogens is 1. The van der Waals surface area contributed by atoms with Crippen LogP contribution in [0, 0.1) is 0 Å². The second-order valence-electron chi connectivity index (χ2n) is 12.0. The minimum atomic E-state index is -0.784. The Labute approximate surface area is 257 Å². The van der Waals surface area contributed by atoms with E-state index in [1.165, 1.54) is 0 Å². The Morgan fingerprint density at radius 3 is 2.30 bits per heavy atom. The minimum absolute atomic E-state index is 0.0708. The first kappa shape index (κ1) is 29.3. The number of piperidine rings is 1. The Hall–Kier alpha value is -4.79. The average Bonchev–Trinajstić information content (AvgIpc) is 3.61. The lowest BCUT2D eigenvalue weighted by Crippen LogP contribution is -2.60. The molecule has 9 nitrogen and oxygen atoms in total. The lowest BCUT2D eigenvalue weighted by atomic mass is 9.85. The number of likely N-dealkylation sites (tertiary alicyclic amines) is 1. The first-order valence-electron chi connectivity index (χ1n) is 15.2. The van der Waals surface area contributed by atoms with Crippen molar-refractivity contribution >= 4 is 34.3 Å². The van der Waals surface area contributed by atoms with Gasteiger partial charge in [-0.15, -0.1) is 0 Å². The van der Waals surface area contributed by atoms with E-state index in [1.54, 1.807) is 18.1 Å². The summed E-state index contributed by atoms with van der Waals surface area (Å²) in [6.07, 6.45) is 1.36. The molecule has 3 heterocycles. The fraction of sp³-hybridized carbons (Fsp3) is 0.343. The molecule has 6 rings (SSSR count). The number of anilines is 1. The predicted molar refractivity (Wildman–Crippen MR) is 171 cm³/mol. The molecule has 0 saturated carbocycles. The van der Waals surface area contributed by atoms with E-state index >= 15 is 0 Å². The molecule has 0 bridgehead atoms. The van der Waals surface area contributed by atoms with E-state index in [4.69, 9.17) is 4.74 Å². The molecule has 2 fully saturated rings. The highest BCUT2D eigenvalue weighted by atomic mass is 16.5. The highest BCUT2D eigenvalue weighted by molar-refractivity contribution is 6.00. The zero-order valence-electron chi connectivity index (χ0n) is 25.5. The van der Waals surface area contributed by atoms with Crippen molar-refractivity contribution in [1.29, 1.82) is 0 Å². The number of ether oxygens (including phenoxy) is 1. The molecule has 2 aliphatic heterocycles. The van der Waals surface area contributed by atoms with Crippen LogP contribution in [-0.2, 0) is 16.0 Å². The van der Waals surface area contributed by atoms with E-state index in [0.29, 0.717) is 44.7 Å². The van der Waals surface area contributed by atoms with Crippen molar-refractivity contribution in [3.8, 4) is 5.75 Å². The van der Waals surface area contributed by atoms with Gasteiger partial charge in [0.1, 0.15) is 23.0 Å². The van der Waals surface area contributed by atoms with Gasteiger partial charge in [0.05, 0.1) is 13.8 Å². The molecule has 1 aromatic heterocycles. The Balaban J connectivity index is 1.23. The number of carbonyl (C=O) groups is 3. The maximum atomic E-state index is 14.1. The van der Waals surface area contributed by atoms with Gasteiger partial charge in [0.15, 0.2) is 0 Å². The number of methoxy groups -OCH3 is 1. The first-order chi connectivity index (χ1) is 21.3. The monoisotopic (exact) mass is 593 g/mol. The van der Waals surface area contributed by atoms with Gasteiger partial charge >= 0.3 is 0 Å². The lowest BCUT2D eigenvalue weighted by Gasteiger charge is -2.44. The maximum absolute atomic E-state index is 14.1. The van der Waals surface area contributed by atoms with E-state index in [1.807, 2.05) is 97.6 Å². The third-order valence-corrected chi connectivity index (χ3v) is 9.04. The number of benzene rings is 3. The largest absolute Gasteiger partial charge is 0.497 e.